The first-order valence-electron chi connectivity index (χ1n) is 8.78. The number of carbonyl (C=O) groups excluding carboxylic acids is 1. The molecule has 2 atom stereocenters. The summed E-state index contributed by atoms with van der Waals surface area (Å²) in [6.45, 7) is 2.63. The third-order valence-electron chi connectivity index (χ3n) is 4.49. The minimum Gasteiger partial charge on any atom is -0.474 e. The summed E-state index contributed by atoms with van der Waals surface area (Å²) >= 11 is 6.05. The molecule has 1 heterocycles. The largest absolute Gasteiger partial charge is 0.474 e. The van der Waals surface area contributed by atoms with Crippen molar-refractivity contribution in [2.75, 3.05) is 19.6 Å². The average Bonchev–Trinajstić information content (AvgIpc) is 3.15. The lowest BCUT2D eigenvalue weighted by atomic mass is 10.0. The zero-order chi connectivity index (χ0) is 18.4. The van der Waals surface area contributed by atoms with Gasteiger partial charge in [-0.3, -0.25) is 4.79 Å². The molecule has 2 N–H and O–H groups in total. The quantitative estimate of drug-likeness (QED) is 0.718. The number of benzene rings is 2. The highest BCUT2D eigenvalue weighted by molar-refractivity contribution is 6.32. The topological polar surface area (TPSA) is 50.4 Å². The van der Waals surface area contributed by atoms with Crippen molar-refractivity contribution in [1.82, 2.24) is 10.6 Å². The van der Waals surface area contributed by atoms with Crippen molar-refractivity contribution in [3.05, 3.63) is 64.9 Å². The van der Waals surface area contributed by atoms with Crippen LogP contribution < -0.4 is 15.4 Å². The van der Waals surface area contributed by atoms with Gasteiger partial charge >= 0.3 is 0 Å². The molecule has 0 aromatic heterocycles. The summed E-state index contributed by atoms with van der Waals surface area (Å²) in [5.74, 6) is 0.186. The average molecular weight is 413 g/mol. The molecule has 0 radical (unpaired) electrons. The Morgan fingerprint density at radius 3 is 2.74 bits per heavy atom. The van der Waals surface area contributed by atoms with Crippen molar-refractivity contribution >= 4 is 29.9 Å². The van der Waals surface area contributed by atoms with Crippen molar-refractivity contribution in [3.63, 3.8) is 0 Å². The normalized spacial score (nSPS) is 17.0. The number of hydrogen-bond donors (Lipinski definition) is 2. The lowest BCUT2D eigenvalue weighted by Crippen LogP contribution is -2.34. The van der Waals surface area contributed by atoms with E-state index in [2.05, 4.69) is 10.6 Å². The summed E-state index contributed by atoms with van der Waals surface area (Å²) in [6, 6.07) is 13.1. The van der Waals surface area contributed by atoms with E-state index < -0.39 is 11.9 Å². The Bertz CT molecular complexity index is 740. The number of nitrogens with one attached hydrogen (secondary N) is 2. The summed E-state index contributed by atoms with van der Waals surface area (Å²) in [4.78, 5) is 12.7. The number of hydrogen-bond acceptors (Lipinski definition) is 3. The van der Waals surface area contributed by atoms with Gasteiger partial charge in [0.15, 0.2) is 0 Å². The number of ether oxygens (including phenoxy) is 1. The fraction of sp³-hybridized carbons (Fsp3) is 0.350. The van der Waals surface area contributed by atoms with Crippen LogP contribution in [0.4, 0.5) is 4.39 Å². The molecule has 1 aliphatic heterocycles. The second-order valence-corrected chi connectivity index (χ2v) is 6.83. The molecule has 0 aliphatic carbocycles. The molecule has 27 heavy (non-hydrogen) atoms. The maximum atomic E-state index is 13.3. The van der Waals surface area contributed by atoms with E-state index in [1.165, 1.54) is 18.2 Å². The SMILES string of the molecule is Cl.O=C(NCCC1CCNC1)C(Oc1ccc(F)cc1Cl)c1ccccc1. The predicted octanol–water partition coefficient (Wildman–Crippen LogP) is 4.14. The molecule has 2 aromatic rings. The summed E-state index contributed by atoms with van der Waals surface area (Å²) < 4.78 is 19.1. The molecular weight excluding hydrogens is 390 g/mol. The first-order chi connectivity index (χ1) is 12.6. The van der Waals surface area contributed by atoms with E-state index in [1.807, 2.05) is 30.3 Å². The van der Waals surface area contributed by atoms with Gasteiger partial charge in [-0.25, -0.2) is 4.39 Å². The third-order valence-corrected chi connectivity index (χ3v) is 4.79. The van der Waals surface area contributed by atoms with Crippen molar-refractivity contribution in [1.29, 1.82) is 0 Å². The van der Waals surface area contributed by atoms with Crippen LogP contribution in [0.25, 0.3) is 0 Å². The van der Waals surface area contributed by atoms with Crippen LogP contribution >= 0.6 is 24.0 Å². The molecular formula is C20H23Cl2FN2O2. The van der Waals surface area contributed by atoms with Gasteiger partial charge in [0.1, 0.15) is 11.6 Å². The van der Waals surface area contributed by atoms with Crippen LogP contribution in [0.2, 0.25) is 5.02 Å². The summed E-state index contributed by atoms with van der Waals surface area (Å²) in [5.41, 5.74) is 0.716. The molecule has 1 fully saturated rings. The fourth-order valence-electron chi connectivity index (χ4n) is 3.05. The van der Waals surface area contributed by atoms with E-state index in [0.717, 1.165) is 25.9 Å². The Morgan fingerprint density at radius 2 is 2.07 bits per heavy atom. The predicted molar refractivity (Wildman–Crippen MR) is 107 cm³/mol. The highest BCUT2D eigenvalue weighted by Gasteiger charge is 2.24. The summed E-state index contributed by atoms with van der Waals surface area (Å²) in [7, 11) is 0. The third kappa shape index (κ3) is 6.09. The Balaban J connectivity index is 0.00000261. The van der Waals surface area contributed by atoms with Gasteiger partial charge < -0.3 is 15.4 Å². The number of rotatable bonds is 7. The molecule has 0 bridgehead atoms. The summed E-state index contributed by atoms with van der Waals surface area (Å²) in [6.07, 6.45) is 1.22. The highest BCUT2D eigenvalue weighted by Crippen LogP contribution is 2.30. The zero-order valence-corrected chi connectivity index (χ0v) is 16.4. The van der Waals surface area contributed by atoms with E-state index in [1.54, 1.807) is 0 Å². The second kappa shape index (κ2) is 10.5. The number of halogens is 3. The molecule has 1 saturated heterocycles. The minimum absolute atomic E-state index is 0. The van der Waals surface area contributed by atoms with Gasteiger partial charge in [0.25, 0.3) is 5.91 Å². The molecule has 1 aliphatic rings. The zero-order valence-electron chi connectivity index (χ0n) is 14.8. The monoisotopic (exact) mass is 412 g/mol. The van der Waals surface area contributed by atoms with Crippen LogP contribution in [0.5, 0.6) is 5.75 Å². The second-order valence-electron chi connectivity index (χ2n) is 6.42. The van der Waals surface area contributed by atoms with Crippen molar-refractivity contribution in [2.24, 2.45) is 5.92 Å². The van der Waals surface area contributed by atoms with Crippen LogP contribution in [-0.2, 0) is 4.79 Å². The van der Waals surface area contributed by atoms with Gasteiger partial charge in [-0.1, -0.05) is 41.9 Å². The first kappa shape index (κ1) is 21.5. The van der Waals surface area contributed by atoms with Crippen LogP contribution in [0.3, 0.4) is 0 Å². The Hall–Kier alpha value is -1.82. The van der Waals surface area contributed by atoms with E-state index in [9.17, 15) is 9.18 Å². The maximum absolute atomic E-state index is 13.3. The van der Waals surface area contributed by atoms with Crippen molar-refractivity contribution in [2.45, 2.75) is 18.9 Å². The van der Waals surface area contributed by atoms with Gasteiger partial charge in [-0.2, -0.15) is 0 Å². The minimum atomic E-state index is -0.846. The van der Waals surface area contributed by atoms with Gasteiger partial charge in [0.2, 0.25) is 6.10 Å². The Kier molecular flexibility index (Phi) is 8.35. The number of carbonyl (C=O) groups is 1. The Labute approximate surface area is 169 Å². The van der Waals surface area contributed by atoms with Crippen LogP contribution in [0, 0.1) is 11.7 Å². The van der Waals surface area contributed by atoms with Crippen molar-refractivity contribution in [3.8, 4) is 5.75 Å². The molecule has 7 heteroatoms. The molecule has 0 saturated carbocycles. The van der Waals surface area contributed by atoms with Gasteiger partial charge in [-0.15, -0.1) is 12.4 Å². The lowest BCUT2D eigenvalue weighted by Gasteiger charge is -2.20. The molecule has 3 rings (SSSR count). The Morgan fingerprint density at radius 1 is 1.30 bits per heavy atom. The van der Waals surface area contributed by atoms with Gasteiger partial charge in [-0.05, 0) is 50.0 Å². The van der Waals surface area contributed by atoms with E-state index in [-0.39, 0.29) is 29.1 Å². The molecule has 146 valence electrons. The first-order valence-corrected chi connectivity index (χ1v) is 9.16. The van der Waals surface area contributed by atoms with Crippen molar-refractivity contribution < 1.29 is 13.9 Å². The highest BCUT2D eigenvalue weighted by atomic mass is 35.5. The molecule has 0 spiro atoms. The molecule has 2 aromatic carbocycles. The summed E-state index contributed by atoms with van der Waals surface area (Å²) in [5, 5.41) is 6.41. The van der Waals surface area contributed by atoms with Crippen LogP contribution in [-0.4, -0.2) is 25.5 Å². The molecule has 2 unspecified atom stereocenters. The molecule has 4 nitrogen and oxygen atoms in total. The fourth-order valence-corrected chi connectivity index (χ4v) is 3.26. The standard InChI is InChI=1S/C20H22ClFN2O2.ClH/c21-17-12-16(22)6-7-18(17)26-19(15-4-2-1-3-5-15)20(25)24-11-9-14-8-10-23-13-14;/h1-7,12,14,19,23H,8-11,13H2,(H,24,25);1H. The van der Waals surface area contributed by atoms with E-state index in [0.29, 0.717) is 18.0 Å². The van der Waals surface area contributed by atoms with E-state index in [4.69, 9.17) is 16.3 Å². The smallest absolute Gasteiger partial charge is 0.265 e. The van der Waals surface area contributed by atoms with Crippen LogP contribution in [0.15, 0.2) is 48.5 Å². The number of amides is 1. The van der Waals surface area contributed by atoms with Gasteiger partial charge in [0, 0.05) is 12.1 Å². The lowest BCUT2D eigenvalue weighted by molar-refractivity contribution is -0.128. The van der Waals surface area contributed by atoms with Gasteiger partial charge in [0.05, 0.1) is 5.02 Å². The van der Waals surface area contributed by atoms with E-state index >= 15 is 0 Å². The molecule has 1 amide bonds. The van der Waals surface area contributed by atoms with Crippen LogP contribution in [0.1, 0.15) is 24.5 Å². The maximum Gasteiger partial charge on any atom is 0.265 e.